The third kappa shape index (κ3) is 3.96. The lowest BCUT2D eigenvalue weighted by atomic mass is 10.1. The fourth-order valence-corrected chi connectivity index (χ4v) is 5.06. The van der Waals surface area contributed by atoms with E-state index >= 15 is 0 Å². The van der Waals surface area contributed by atoms with Gasteiger partial charge in [0.05, 0.1) is 0 Å². The molecular formula is C13H21N3O3S2. The van der Waals surface area contributed by atoms with Crippen molar-refractivity contribution in [3.8, 4) is 0 Å². The van der Waals surface area contributed by atoms with E-state index in [-0.39, 0.29) is 16.2 Å². The van der Waals surface area contributed by atoms with E-state index in [0.29, 0.717) is 38.0 Å². The SMILES string of the molecule is CCCC(=O)NC1CCN(S(=O)(=O)c2cc(N)cs2)CC1. The predicted molar refractivity (Wildman–Crippen MR) is 83.6 cm³/mol. The van der Waals surface area contributed by atoms with Crippen LogP contribution in [0.5, 0.6) is 0 Å². The maximum Gasteiger partial charge on any atom is 0.252 e. The van der Waals surface area contributed by atoms with Gasteiger partial charge in [0, 0.05) is 36.6 Å². The van der Waals surface area contributed by atoms with Gasteiger partial charge in [0.15, 0.2) is 0 Å². The first kappa shape index (κ1) is 16.3. The minimum atomic E-state index is -3.44. The van der Waals surface area contributed by atoms with Crippen LogP contribution in [0.25, 0.3) is 0 Å². The third-order valence-corrected chi connectivity index (χ3v) is 6.82. The number of amides is 1. The van der Waals surface area contributed by atoms with Gasteiger partial charge in [0.25, 0.3) is 10.0 Å². The van der Waals surface area contributed by atoms with Crippen molar-refractivity contribution < 1.29 is 13.2 Å². The fourth-order valence-electron chi connectivity index (χ4n) is 2.36. The van der Waals surface area contributed by atoms with E-state index in [9.17, 15) is 13.2 Å². The van der Waals surface area contributed by atoms with Crippen LogP contribution in [-0.2, 0) is 14.8 Å². The van der Waals surface area contributed by atoms with E-state index in [2.05, 4.69) is 5.32 Å². The Morgan fingerprint density at radius 2 is 2.14 bits per heavy atom. The number of thiophene rings is 1. The lowest BCUT2D eigenvalue weighted by Gasteiger charge is -2.31. The zero-order chi connectivity index (χ0) is 15.5. The molecule has 1 aromatic heterocycles. The Balaban J connectivity index is 1.93. The van der Waals surface area contributed by atoms with Crippen LogP contribution in [0, 0.1) is 0 Å². The molecule has 2 rings (SSSR count). The van der Waals surface area contributed by atoms with Gasteiger partial charge in [-0.15, -0.1) is 11.3 Å². The summed E-state index contributed by atoms with van der Waals surface area (Å²) in [5.41, 5.74) is 6.06. The van der Waals surface area contributed by atoms with Gasteiger partial charge >= 0.3 is 0 Å². The molecular weight excluding hydrogens is 310 g/mol. The summed E-state index contributed by atoms with van der Waals surface area (Å²) in [4.78, 5) is 11.6. The highest BCUT2D eigenvalue weighted by atomic mass is 32.2. The van der Waals surface area contributed by atoms with Crippen LogP contribution in [0.3, 0.4) is 0 Å². The van der Waals surface area contributed by atoms with Gasteiger partial charge in [-0.05, 0) is 25.3 Å². The number of hydrogen-bond acceptors (Lipinski definition) is 5. The topological polar surface area (TPSA) is 92.5 Å². The summed E-state index contributed by atoms with van der Waals surface area (Å²) in [6, 6.07) is 1.57. The van der Waals surface area contributed by atoms with Gasteiger partial charge in [-0.3, -0.25) is 4.79 Å². The largest absolute Gasteiger partial charge is 0.398 e. The molecule has 3 N–H and O–H groups in total. The second-order valence-corrected chi connectivity index (χ2v) is 8.27. The van der Waals surface area contributed by atoms with Crippen molar-refractivity contribution in [2.24, 2.45) is 0 Å². The van der Waals surface area contributed by atoms with Gasteiger partial charge in [-0.2, -0.15) is 4.31 Å². The number of nitrogens with zero attached hydrogens (tertiary/aromatic N) is 1. The molecule has 1 saturated heterocycles. The maximum atomic E-state index is 12.4. The Bertz CT molecular complexity index is 590. The van der Waals surface area contributed by atoms with Gasteiger partial charge in [-0.1, -0.05) is 6.92 Å². The molecule has 0 unspecified atom stereocenters. The minimum absolute atomic E-state index is 0.0461. The standard InChI is InChI=1S/C13H21N3O3S2/c1-2-3-12(17)15-11-4-6-16(7-5-11)21(18,19)13-8-10(14)9-20-13/h8-9,11H,2-7,14H2,1H3,(H,15,17). The Morgan fingerprint density at radius 1 is 1.48 bits per heavy atom. The van der Waals surface area contributed by atoms with E-state index in [0.717, 1.165) is 17.8 Å². The lowest BCUT2D eigenvalue weighted by Crippen LogP contribution is -2.46. The summed E-state index contributed by atoms with van der Waals surface area (Å²) < 4.78 is 26.6. The fraction of sp³-hybridized carbons (Fsp3) is 0.615. The second kappa shape index (κ2) is 6.76. The molecule has 6 nitrogen and oxygen atoms in total. The lowest BCUT2D eigenvalue weighted by molar-refractivity contribution is -0.122. The Hall–Kier alpha value is -1.12. The smallest absolute Gasteiger partial charge is 0.252 e. The highest BCUT2D eigenvalue weighted by Crippen LogP contribution is 2.27. The van der Waals surface area contributed by atoms with Gasteiger partial charge in [0.1, 0.15) is 4.21 Å². The highest BCUT2D eigenvalue weighted by Gasteiger charge is 2.30. The second-order valence-electron chi connectivity index (χ2n) is 5.19. The van der Waals surface area contributed by atoms with E-state index in [1.54, 1.807) is 5.38 Å². The van der Waals surface area contributed by atoms with E-state index < -0.39 is 10.0 Å². The van der Waals surface area contributed by atoms with E-state index in [4.69, 9.17) is 5.73 Å². The quantitative estimate of drug-likeness (QED) is 0.853. The molecule has 21 heavy (non-hydrogen) atoms. The van der Waals surface area contributed by atoms with Gasteiger partial charge in [0.2, 0.25) is 5.91 Å². The third-order valence-electron chi connectivity index (χ3n) is 3.49. The van der Waals surface area contributed by atoms with E-state index in [1.807, 2.05) is 6.92 Å². The average Bonchev–Trinajstić information content (AvgIpc) is 2.87. The highest BCUT2D eigenvalue weighted by molar-refractivity contribution is 7.91. The number of piperidine rings is 1. The van der Waals surface area contributed by atoms with Crippen molar-refractivity contribution in [1.29, 1.82) is 0 Å². The zero-order valence-corrected chi connectivity index (χ0v) is 13.7. The molecule has 0 aliphatic carbocycles. The summed E-state index contributed by atoms with van der Waals surface area (Å²) in [5.74, 6) is 0.0461. The number of hydrogen-bond donors (Lipinski definition) is 2. The average molecular weight is 331 g/mol. The molecule has 0 atom stereocenters. The van der Waals surface area contributed by atoms with Gasteiger partial charge in [-0.25, -0.2) is 8.42 Å². The molecule has 0 spiro atoms. The van der Waals surface area contributed by atoms with Crippen LogP contribution in [0.4, 0.5) is 5.69 Å². The van der Waals surface area contributed by atoms with Crippen molar-refractivity contribution >= 4 is 33.0 Å². The summed E-state index contributed by atoms with van der Waals surface area (Å²) in [5, 5.41) is 4.59. The monoisotopic (exact) mass is 331 g/mol. The molecule has 1 amide bonds. The van der Waals surface area contributed by atoms with Crippen molar-refractivity contribution in [3.05, 3.63) is 11.4 Å². The Labute approximate surface area is 129 Å². The summed E-state index contributed by atoms with van der Waals surface area (Å²) >= 11 is 1.14. The molecule has 0 bridgehead atoms. The molecule has 0 radical (unpaired) electrons. The van der Waals surface area contributed by atoms with E-state index in [1.165, 1.54) is 10.4 Å². The van der Waals surface area contributed by atoms with Crippen LogP contribution >= 0.6 is 11.3 Å². The summed E-state index contributed by atoms with van der Waals surface area (Å²) in [6.07, 6.45) is 2.64. The van der Waals surface area contributed by atoms with Crippen molar-refractivity contribution in [2.75, 3.05) is 18.8 Å². The molecule has 0 aromatic carbocycles. The molecule has 1 aliphatic heterocycles. The molecule has 8 heteroatoms. The molecule has 1 aromatic rings. The van der Waals surface area contributed by atoms with Crippen LogP contribution in [0.15, 0.2) is 15.7 Å². The summed E-state index contributed by atoms with van der Waals surface area (Å²) in [6.45, 7) is 2.82. The number of anilines is 1. The minimum Gasteiger partial charge on any atom is -0.398 e. The van der Waals surface area contributed by atoms with Crippen LogP contribution in [0.2, 0.25) is 0 Å². The predicted octanol–water partition coefficient (Wildman–Crippen LogP) is 1.40. The first-order chi connectivity index (χ1) is 9.93. The maximum absolute atomic E-state index is 12.4. The molecule has 2 heterocycles. The molecule has 118 valence electrons. The van der Waals surface area contributed by atoms with Gasteiger partial charge < -0.3 is 11.1 Å². The number of nitrogen functional groups attached to an aromatic ring is 1. The summed E-state index contributed by atoms with van der Waals surface area (Å²) in [7, 11) is -3.44. The molecule has 0 saturated carbocycles. The normalized spacial score (nSPS) is 17.8. The number of carbonyl (C=O) groups excluding carboxylic acids is 1. The number of carbonyl (C=O) groups is 1. The molecule has 1 aliphatic rings. The van der Waals surface area contributed by atoms with Crippen LogP contribution in [-0.4, -0.2) is 37.8 Å². The first-order valence-corrected chi connectivity index (χ1v) is 9.39. The van der Waals surface area contributed by atoms with Crippen LogP contribution in [0.1, 0.15) is 32.6 Å². The number of sulfonamides is 1. The number of nitrogens with one attached hydrogen (secondary N) is 1. The van der Waals surface area contributed by atoms with Crippen molar-refractivity contribution in [3.63, 3.8) is 0 Å². The molecule has 1 fully saturated rings. The zero-order valence-electron chi connectivity index (χ0n) is 12.0. The van der Waals surface area contributed by atoms with Crippen LogP contribution < -0.4 is 11.1 Å². The number of nitrogens with two attached hydrogens (primary N) is 1. The van der Waals surface area contributed by atoms with Crippen molar-refractivity contribution in [2.45, 2.75) is 42.9 Å². The van der Waals surface area contributed by atoms with Crippen molar-refractivity contribution in [1.82, 2.24) is 9.62 Å². The Kier molecular flexibility index (Phi) is 5.23. The Morgan fingerprint density at radius 3 is 2.67 bits per heavy atom. The first-order valence-electron chi connectivity index (χ1n) is 7.07. The number of rotatable bonds is 5.